The Hall–Kier alpha value is -1.50. The van der Waals surface area contributed by atoms with Gasteiger partial charge in [0.15, 0.2) is 0 Å². The minimum Gasteiger partial charge on any atom is -0.444 e. The second-order valence-corrected chi connectivity index (χ2v) is 7.84. The summed E-state index contributed by atoms with van der Waals surface area (Å²) in [5.41, 5.74) is 0.146. The van der Waals surface area contributed by atoms with Gasteiger partial charge in [-0.15, -0.1) is 0 Å². The molecule has 0 radical (unpaired) electrons. The molecule has 22 heavy (non-hydrogen) atoms. The van der Waals surface area contributed by atoms with E-state index in [2.05, 4.69) is 9.97 Å². The van der Waals surface area contributed by atoms with Crippen molar-refractivity contribution in [1.82, 2.24) is 14.9 Å². The van der Waals surface area contributed by atoms with Crippen LogP contribution in [0.25, 0.3) is 0 Å². The van der Waals surface area contributed by atoms with Crippen LogP contribution in [0, 0.1) is 6.92 Å². The zero-order chi connectivity index (χ0) is 16.3. The molecule has 122 valence electrons. The predicted molar refractivity (Wildman–Crippen MR) is 84.0 cm³/mol. The predicted octanol–water partition coefficient (Wildman–Crippen LogP) is 2.29. The first kappa shape index (κ1) is 16.9. The molecule has 0 aromatic carbocycles. The van der Waals surface area contributed by atoms with Crippen molar-refractivity contribution in [2.45, 2.75) is 57.2 Å². The Bertz CT molecular complexity index is 571. The van der Waals surface area contributed by atoms with Crippen molar-refractivity contribution in [2.24, 2.45) is 0 Å². The van der Waals surface area contributed by atoms with Gasteiger partial charge in [-0.25, -0.2) is 9.78 Å². The van der Waals surface area contributed by atoms with E-state index in [0.29, 0.717) is 23.0 Å². The van der Waals surface area contributed by atoms with E-state index in [4.69, 9.17) is 4.74 Å². The van der Waals surface area contributed by atoms with E-state index in [0.717, 1.165) is 12.8 Å². The normalized spacial score (nSPS) is 20.0. The number of rotatable bonds is 3. The van der Waals surface area contributed by atoms with Gasteiger partial charge in [0.05, 0.1) is 22.2 Å². The summed E-state index contributed by atoms with van der Waals surface area (Å²) in [6, 6.07) is -0.0721. The van der Waals surface area contributed by atoms with E-state index in [1.807, 2.05) is 20.8 Å². The Balaban J connectivity index is 2.04. The second kappa shape index (κ2) is 6.73. The summed E-state index contributed by atoms with van der Waals surface area (Å²) in [5.74, 6) is 0.374. The Kier molecular flexibility index (Phi) is 5.16. The lowest BCUT2D eigenvalue weighted by molar-refractivity contribution is 0.0241. The number of likely N-dealkylation sites (tertiary alicyclic amines) is 1. The van der Waals surface area contributed by atoms with Crippen LogP contribution in [0.15, 0.2) is 17.4 Å². The Labute approximate surface area is 133 Å². The van der Waals surface area contributed by atoms with Crippen LogP contribution in [0.2, 0.25) is 0 Å². The molecule has 2 heterocycles. The Morgan fingerprint density at radius 3 is 2.73 bits per heavy atom. The smallest absolute Gasteiger partial charge is 0.410 e. The first-order valence-electron chi connectivity index (χ1n) is 7.43. The quantitative estimate of drug-likeness (QED) is 0.852. The number of aryl methyl sites for hydroxylation is 1. The zero-order valence-electron chi connectivity index (χ0n) is 13.5. The van der Waals surface area contributed by atoms with Crippen LogP contribution in [-0.4, -0.2) is 49.1 Å². The third-order valence-electron chi connectivity index (χ3n) is 3.40. The lowest BCUT2D eigenvalue weighted by Crippen LogP contribution is -2.42. The molecule has 0 unspecified atom stereocenters. The number of aromatic nitrogens is 2. The van der Waals surface area contributed by atoms with Crippen LogP contribution in [-0.2, 0) is 15.5 Å². The van der Waals surface area contributed by atoms with Crippen LogP contribution in [0.3, 0.4) is 0 Å². The molecule has 6 nitrogen and oxygen atoms in total. The van der Waals surface area contributed by atoms with Gasteiger partial charge in [-0.1, -0.05) is 0 Å². The van der Waals surface area contributed by atoms with E-state index in [-0.39, 0.29) is 12.1 Å². The van der Waals surface area contributed by atoms with Crippen LogP contribution in [0.1, 0.15) is 39.3 Å². The number of amides is 1. The molecule has 1 aromatic rings. The van der Waals surface area contributed by atoms with E-state index in [1.54, 1.807) is 24.2 Å². The summed E-state index contributed by atoms with van der Waals surface area (Å²) in [6.45, 7) is 7.97. The minimum atomic E-state index is -1.27. The molecule has 7 heteroatoms. The molecule has 2 atom stereocenters. The summed E-state index contributed by atoms with van der Waals surface area (Å²) < 4.78 is 17.9. The lowest BCUT2D eigenvalue weighted by atomic mass is 10.2. The van der Waals surface area contributed by atoms with Crippen molar-refractivity contribution in [3.63, 3.8) is 0 Å². The Morgan fingerprint density at radius 2 is 2.09 bits per heavy atom. The third-order valence-corrected chi connectivity index (χ3v) is 4.92. The highest BCUT2D eigenvalue weighted by molar-refractivity contribution is 7.85. The maximum Gasteiger partial charge on any atom is 0.410 e. The largest absolute Gasteiger partial charge is 0.444 e. The first-order valence-corrected chi connectivity index (χ1v) is 8.75. The maximum atomic E-state index is 12.5. The lowest BCUT2D eigenvalue weighted by Gasteiger charge is -2.28. The van der Waals surface area contributed by atoms with Gasteiger partial charge in [-0.3, -0.25) is 9.19 Å². The molecule has 0 aliphatic carbocycles. The van der Waals surface area contributed by atoms with Crippen molar-refractivity contribution in [3.05, 3.63) is 18.1 Å². The average Bonchev–Trinajstić information content (AvgIpc) is 2.85. The highest BCUT2D eigenvalue weighted by atomic mass is 32.2. The minimum absolute atomic E-state index is 0.0721. The third kappa shape index (κ3) is 4.25. The highest BCUT2D eigenvalue weighted by Crippen LogP contribution is 2.23. The first-order chi connectivity index (χ1) is 10.3. The van der Waals surface area contributed by atoms with E-state index >= 15 is 0 Å². The van der Waals surface area contributed by atoms with Gasteiger partial charge in [0.2, 0.25) is 0 Å². The van der Waals surface area contributed by atoms with Crippen LogP contribution in [0.5, 0.6) is 0 Å². The van der Waals surface area contributed by atoms with Gasteiger partial charge >= 0.3 is 6.09 Å². The molecule has 1 aromatic heterocycles. The topological polar surface area (TPSA) is 72.4 Å². The van der Waals surface area contributed by atoms with Crippen molar-refractivity contribution < 1.29 is 13.7 Å². The number of hydrogen-bond acceptors (Lipinski definition) is 5. The molecule has 0 saturated carbocycles. The van der Waals surface area contributed by atoms with E-state index in [9.17, 15) is 9.00 Å². The fraction of sp³-hybridized carbons (Fsp3) is 0.667. The molecular weight excluding hydrogens is 302 g/mol. The fourth-order valence-electron chi connectivity index (χ4n) is 2.44. The molecule has 1 saturated heterocycles. The highest BCUT2D eigenvalue weighted by Gasteiger charge is 2.33. The summed E-state index contributed by atoms with van der Waals surface area (Å²) >= 11 is 0. The molecule has 0 spiro atoms. The van der Waals surface area contributed by atoms with Gasteiger partial charge in [0.25, 0.3) is 0 Å². The molecule has 1 aliphatic rings. The monoisotopic (exact) mass is 325 g/mol. The number of carbonyl (C=O) groups excluding carboxylic acids is 1. The summed E-state index contributed by atoms with van der Waals surface area (Å²) in [4.78, 5) is 22.2. The average molecular weight is 325 g/mol. The van der Waals surface area contributed by atoms with Gasteiger partial charge in [0.1, 0.15) is 10.6 Å². The van der Waals surface area contributed by atoms with Gasteiger partial charge < -0.3 is 9.64 Å². The van der Waals surface area contributed by atoms with Crippen molar-refractivity contribution >= 4 is 16.9 Å². The maximum absolute atomic E-state index is 12.5. The van der Waals surface area contributed by atoms with E-state index < -0.39 is 16.4 Å². The number of hydrogen-bond donors (Lipinski definition) is 0. The summed E-state index contributed by atoms with van der Waals surface area (Å²) in [5, 5.41) is 0.499. The van der Waals surface area contributed by atoms with Gasteiger partial charge in [-0.05, 0) is 40.5 Å². The van der Waals surface area contributed by atoms with Crippen molar-refractivity contribution in [3.8, 4) is 0 Å². The zero-order valence-corrected chi connectivity index (χ0v) is 14.4. The SMILES string of the molecule is Cc1nccnc1[S@](=O)C[C@H]1CCCN1C(=O)OC(C)(C)C. The van der Waals surface area contributed by atoms with Crippen molar-refractivity contribution in [1.29, 1.82) is 0 Å². The number of carbonyl (C=O) groups is 1. The summed E-state index contributed by atoms with van der Waals surface area (Å²) in [7, 11) is -1.27. The van der Waals surface area contributed by atoms with Crippen molar-refractivity contribution in [2.75, 3.05) is 12.3 Å². The van der Waals surface area contributed by atoms with Crippen LogP contribution >= 0.6 is 0 Å². The molecular formula is C15H23N3O3S. The molecule has 0 N–H and O–H groups in total. The molecule has 1 aliphatic heterocycles. The van der Waals surface area contributed by atoms with Crippen LogP contribution in [0.4, 0.5) is 4.79 Å². The molecule has 2 rings (SSSR count). The van der Waals surface area contributed by atoms with Gasteiger partial charge in [0, 0.05) is 25.0 Å². The standard InChI is InChI=1S/C15H23N3O3S/c1-11-13(17-8-7-16-11)22(20)10-12-6-5-9-18(12)14(19)21-15(2,3)4/h7-8,12H,5-6,9-10H2,1-4H3/t12-,22-/m1/s1. The molecule has 1 fully saturated rings. The Morgan fingerprint density at radius 1 is 1.41 bits per heavy atom. The van der Waals surface area contributed by atoms with Gasteiger partial charge in [-0.2, -0.15) is 0 Å². The number of ether oxygens (including phenoxy) is 1. The summed E-state index contributed by atoms with van der Waals surface area (Å²) in [6.07, 6.45) is 4.53. The molecule has 0 bridgehead atoms. The number of nitrogens with zero attached hydrogens (tertiary/aromatic N) is 3. The molecule has 1 amide bonds. The van der Waals surface area contributed by atoms with E-state index in [1.165, 1.54) is 0 Å². The second-order valence-electron chi connectivity index (χ2n) is 6.43. The van der Waals surface area contributed by atoms with Crippen LogP contribution < -0.4 is 0 Å². The fourth-order valence-corrected chi connectivity index (χ4v) is 3.86.